The number of aromatic amines is 1. The monoisotopic (exact) mass is 768 g/mol. The molecule has 6 heterocycles. The molecule has 2 aromatic carbocycles. The molecular formula is C44H56N4O8. The number of benzene rings is 2. The molecule has 300 valence electrons. The lowest BCUT2D eigenvalue weighted by Gasteiger charge is -2.63. The molecule has 1 aliphatic carbocycles. The van der Waals surface area contributed by atoms with E-state index in [0.29, 0.717) is 69.5 Å². The van der Waals surface area contributed by atoms with Gasteiger partial charge in [0.15, 0.2) is 0 Å². The van der Waals surface area contributed by atoms with Crippen molar-refractivity contribution in [3.05, 3.63) is 70.9 Å². The lowest BCUT2D eigenvalue weighted by Crippen LogP contribution is -2.80. The van der Waals surface area contributed by atoms with Crippen molar-refractivity contribution in [3.8, 4) is 5.75 Å². The van der Waals surface area contributed by atoms with E-state index >= 15 is 4.79 Å². The molecule has 3 aromatic rings. The number of H-pyrrole nitrogens is 1. The number of nitrogens with one attached hydrogen (secondary N) is 1. The standard InChI is InChI=1S/C44H56N4O8/c1-7-40(52)22-26-23-43(38(50)55-5,34-28(14-18-47(24-26)25-40)27-12-9-10-13-31(27)45-34)30-20-29-32(21-33(30)54-4)46(3)36-42(29)16-19-48-17-11-15-41(8-2,35(42)48)37(49)44(36,53)39(51)56-6/h9-13,15,20-21,26,35-37,45,49,52-53H,7-8,14,16-19,22-25H2,1-6H3/t26?,35-,36+,37+,40-,41+,42+,43-,44-/m0/s1. The Bertz CT molecular complexity index is 2140. The molecule has 12 heteroatoms. The van der Waals surface area contributed by atoms with Crippen LogP contribution in [0.1, 0.15) is 68.3 Å². The number of piperidine rings is 1. The number of ether oxygens (including phenoxy) is 3. The molecular weight excluding hydrogens is 713 g/mol. The minimum Gasteiger partial charge on any atom is -0.496 e. The van der Waals surface area contributed by atoms with Gasteiger partial charge in [-0.3, -0.25) is 14.6 Å². The van der Waals surface area contributed by atoms with E-state index in [9.17, 15) is 20.1 Å². The Labute approximate surface area is 328 Å². The number of carbonyl (C=O) groups excluding carboxylic acids is 2. The van der Waals surface area contributed by atoms with E-state index in [1.165, 1.54) is 14.2 Å². The van der Waals surface area contributed by atoms with E-state index in [1.54, 1.807) is 7.11 Å². The zero-order valence-corrected chi connectivity index (χ0v) is 33.4. The number of hydrogen-bond acceptors (Lipinski definition) is 11. The molecule has 2 saturated heterocycles. The summed E-state index contributed by atoms with van der Waals surface area (Å²) in [7, 11) is 6.17. The molecule has 4 N–H and O–H groups in total. The minimum absolute atomic E-state index is 0.0795. The number of aromatic nitrogens is 1. The van der Waals surface area contributed by atoms with Gasteiger partial charge in [-0.1, -0.05) is 44.2 Å². The highest BCUT2D eigenvalue weighted by Crippen LogP contribution is 2.67. The molecule has 6 aliphatic rings. The maximum atomic E-state index is 15.2. The van der Waals surface area contributed by atoms with Crippen LogP contribution in [-0.2, 0) is 36.3 Å². The van der Waals surface area contributed by atoms with Gasteiger partial charge in [0.25, 0.3) is 0 Å². The zero-order valence-electron chi connectivity index (χ0n) is 33.4. The fraction of sp³-hybridized carbons (Fsp3) is 0.591. The van der Waals surface area contributed by atoms with E-state index in [-0.39, 0.29) is 12.0 Å². The Kier molecular flexibility index (Phi) is 8.59. The number of anilines is 1. The number of nitrogens with zero attached hydrogens (tertiary/aromatic N) is 3. The summed E-state index contributed by atoms with van der Waals surface area (Å²) < 4.78 is 17.6. The van der Waals surface area contributed by atoms with Crippen molar-refractivity contribution in [3.63, 3.8) is 0 Å². The second kappa shape index (κ2) is 12.8. The number of rotatable bonds is 6. The van der Waals surface area contributed by atoms with Gasteiger partial charge in [0, 0.05) is 84.0 Å². The van der Waals surface area contributed by atoms with Crippen LogP contribution in [-0.4, -0.2) is 133 Å². The van der Waals surface area contributed by atoms with E-state index < -0.39 is 51.5 Å². The second-order valence-corrected chi connectivity index (χ2v) is 17.6. The van der Waals surface area contributed by atoms with Gasteiger partial charge in [0.2, 0.25) is 5.60 Å². The number of aliphatic hydroxyl groups excluding tert-OH is 1. The number of hydrogen-bond donors (Lipinski definition) is 4. The first-order valence-electron chi connectivity index (χ1n) is 20.3. The van der Waals surface area contributed by atoms with Crippen LogP contribution >= 0.6 is 0 Å². The van der Waals surface area contributed by atoms with E-state index in [1.807, 2.05) is 62.2 Å². The van der Waals surface area contributed by atoms with Crippen molar-refractivity contribution in [2.45, 2.75) is 92.6 Å². The molecule has 9 rings (SSSR count). The highest BCUT2D eigenvalue weighted by Gasteiger charge is 2.79. The first-order chi connectivity index (χ1) is 26.8. The lowest BCUT2D eigenvalue weighted by atomic mass is 9.47. The summed E-state index contributed by atoms with van der Waals surface area (Å²) in [6.07, 6.45) is 5.82. The maximum Gasteiger partial charge on any atom is 0.342 e. The van der Waals surface area contributed by atoms with Crippen molar-refractivity contribution >= 4 is 28.5 Å². The fourth-order valence-electron chi connectivity index (χ4n) is 13.2. The van der Waals surface area contributed by atoms with Crippen molar-refractivity contribution in [2.75, 3.05) is 66.0 Å². The molecule has 1 spiro atoms. The average molecular weight is 769 g/mol. The average Bonchev–Trinajstić information content (AvgIpc) is 3.87. The predicted octanol–water partition coefficient (Wildman–Crippen LogP) is 3.42. The number of aliphatic hydroxyl groups is 3. The van der Waals surface area contributed by atoms with Crippen molar-refractivity contribution in [2.24, 2.45) is 11.3 Å². The number of carbonyl (C=O) groups is 2. The summed E-state index contributed by atoms with van der Waals surface area (Å²) in [5.41, 5.74) is -1.43. The summed E-state index contributed by atoms with van der Waals surface area (Å²) in [5.74, 6) is -0.908. The van der Waals surface area contributed by atoms with Crippen LogP contribution in [0.4, 0.5) is 5.69 Å². The summed E-state index contributed by atoms with van der Waals surface area (Å²) >= 11 is 0. The number of methoxy groups -OCH3 is 3. The Morgan fingerprint density at radius 2 is 1.73 bits per heavy atom. The maximum absolute atomic E-state index is 15.2. The van der Waals surface area contributed by atoms with Gasteiger partial charge in [0.05, 0.1) is 33.0 Å². The van der Waals surface area contributed by atoms with Crippen LogP contribution in [0.25, 0.3) is 10.9 Å². The Balaban J connectivity index is 1.36. The van der Waals surface area contributed by atoms with Gasteiger partial charge in [-0.15, -0.1) is 0 Å². The Morgan fingerprint density at radius 3 is 2.45 bits per heavy atom. The minimum atomic E-state index is -2.29. The fourth-order valence-corrected chi connectivity index (χ4v) is 13.2. The van der Waals surface area contributed by atoms with E-state index in [0.717, 1.165) is 46.5 Å². The van der Waals surface area contributed by atoms with Gasteiger partial charge in [-0.2, -0.15) is 0 Å². The molecule has 12 nitrogen and oxygen atoms in total. The third-order valence-electron chi connectivity index (χ3n) is 15.4. The number of fused-ring (bicyclic) bond motifs is 6. The predicted molar refractivity (Wildman–Crippen MR) is 211 cm³/mol. The number of para-hydroxylation sites is 1. The van der Waals surface area contributed by atoms with Crippen LogP contribution in [0.15, 0.2) is 48.6 Å². The molecule has 5 aliphatic heterocycles. The largest absolute Gasteiger partial charge is 0.496 e. The van der Waals surface area contributed by atoms with Gasteiger partial charge >= 0.3 is 11.9 Å². The van der Waals surface area contributed by atoms with Crippen LogP contribution in [0.2, 0.25) is 0 Å². The molecule has 1 saturated carbocycles. The first-order valence-corrected chi connectivity index (χ1v) is 20.3. The van der Waals surface area contributed by atoms with Crippen molar-refractivity contribution < 1.29 is 39.1 Å². The number of esters is 2. The molecule has 2 bridgehead atoms. The first kappa shape index (κ1) is 37.6. The molecule has 0 amide bonds. The van der Waals surface area contributed by atoms with Gasteiger partial charge in [-0.25, -0.2) is 4.79 Å². The van der Waals surface area contributed by atoms with Crippen molar-refractivity contribution in [1.82, 2.24) is 14.8 Å². The summed E-state index contributed by atoms with van der Waals surface area (Å²) in [6.45, 7) is 7.41. The molecule has 0 radical (unpaired) electrons. The Morgan fingerprint density at radius 1 is 0.964 bits per heavy atom. The summed E-state index contributed by atoms with van der Waals surface area (Å²) in [6, 6.07) is 11.1. The van der Waals surface area contributed by atoms with Gasteiger partial charge in [0.1, 0.15) is 17.3 Å². The molecule has 1 aromatic heterocycles. The molecule has 10 atom stereocenters. The van der Waals surface area contributed by atoms with Crippen LogP contribution in [0, 0.1) is 11.3 Å². The van der Waals surface area contributed by atoms with Gasteiger partial charge < -0.3 is 39.4 Å². The SMILES string of the molecule is CC[C@]1(O)CC2CN(CCc3c([nH]c4ccccc34)[C@@](C(=O)OC)(c3cc4c(cc3OC)N(C)[C@H]3[C@@](O)(C(=O)OC)[C@H](O)[C@]5(CC)C=CCN6CC[C@]43[C@@H]65)C2)C1. The topological polar surface area (TPSA) is 148 Å². The summed E-state index contributed by atoms with van der Waals surface area (Å²) in [4.78, 5) is 39.7. The van der Waals surface area contributed by atoms with E-state index in [4.69, 9.17) is 14.2 Å². The lowest BCUT2D eigenvalue weighted by molar-refractivity contribution is -0.218. The second-order valence-electron chi connectivity index (χ2n) is 17.6. The van der Waals surface area contributed by atoms with Crippen LogP contribution in [0.3, 0.4) is 0 Å². The molecule has 56 heavy (non-hydrogen) atoms. The summed E-state index contributed by atoms with van der Waals surface area (Å²) in [5, 5.41) is 38.3. The van der Waals surface area contributed by atoms with Crippen molar-refractivity contribution in [1.29, 1.82) is 0 Å². The quantitative estimate of drug-likeness (QED) is 0.216. The smallest absolute Gasteiger partial charge is 0.342 e. The number of likely N-dealkylation sites (N-methyl/N-ethyl adjacent to an activating group) is 1. The highest BCUT2D eigenvalue weighted by molar-refractivity contribution is 5.95. The third kappa shape index (κ3) is 4.59. The molecule has 2 unspecified atom stereocenters. The highest BCUT2D eigenvalue weighted by atomic mass is 16.5. The third-order valence-corrected chi connectivity index (χ3v) is 15.4. The zero-order chi connectivity index (χ0) is 39.6. The Hall–Kier alpha value is -3.94. The van der Waals surface area contributed by atoms with Gasteiger partial charge in [-0.05, 0) is 74.2 Å². The van der Waals surface area contributed by atoms with Crippen LogP contribution < -0.4 is 9.64 Å². The molecule has 3 fully saturated rings. The van der Waals surface area contributed by atoms with E-state index in [2.05, 4.69) is 26.9 Å². The van der Waals surface area contributed by atoms with Crippen LogP contribution in [0.5, 0.6) is 5.75 Å². The normalized spacial score (nSPS) is 38.4.